The first-order chi connectivity index (χ1) is 12.4. The van der Waals surface area contributed by atoms with Crippen LogP contribution in [0.5, 0.6) is 0 Å². The molecule has 5 nitrogen and oxygen atoms in total. The van der Waals surface area contributed by atoms with Gasteiger partial charge in [0, 0.05) is 18.5 Å². The number of oxazole rings is 1. The zero-order chi connectivity index (χ0) is 18.7. The van der Waals surface area contributed by atoms with Gasteiger partial charge in [-0.25, -0.2) is 22.5 Å². The molecular formula is C19H19FN2O3S. The minimum atomic E-state index is -3.70. The van der Waals surface area contributed by atoms with E-state index in [9.17, 15) is 12.8 Å². The lowest BCUT2D eigenvalue weighted by Crippen LogP contribution is -2.26. The van der Waals surface area contributed by atoms with Gasteiger partial charge in [-0.15, -0.1) is 0 Å². The number of benzene rings is 2. The zero-order valence-corrected chi connectivity index (χ0v) is 15.3. The second-order valence-corrected chi connectivity index (χ2v) is 7.71. The SMILES string of the molecule is Cc1cc(S(=O)(=O)NCCc2nc(-c3ccccc3)oc2C)ccc1F. The average molecular weight is 374 g/mol. The van der Waals surface area contributed by atoms with E-state index in [1.807, 2.05) is 30.3 Å². The van der Waals surface area contributed by atoms with E-state index in [0.29, 0.717) is 23.8 Å². The maximum Gasteiger partial charge on any atom is 0.240 e. The van der Waals surface area contributed by atoms with Gasteiger partial charge in [0.15, 0.2) is 0 Å². The third kappa shape index (κ3) is 4.00. The molecular weight excluding hydrogens is 355 g/mol. The second-order valence-electron chi connectivity index (χ2n) is 5.95. The molecule has 0 saturated carbocycles. The molecule has 3 aromatic rings. The van der Waals surface area contributed by atoms with Crippen molar-refractivity contribution in [1.29, 1.82) is 0 Å². The molecule has 0 radical (unpaired) electrons. The minimum Gasteiger partial charge on any atom is -0.441 e. The largest absolute Gasteiger partial charge is 0.441 e. The molecule has 0 aliphatic carbocycles. The van der Waals surface area contributed by atoms with E-state index in [-0.39, 0.29) is 17.0 Å². The Hall–Kier alpha value is -2.51. The van der Waals surface area contributed by atoms with Crippen LogP contribution in [0.1, 0.15) is 17.0 Å². The maximum absolute atomic E-state index is 13.3. The summed E-state index contributed by atoms with van der Waals surface area (Å²) >= 11 is 0. The summed E-state index contributed by atoms with van der Waals surface area (Å²) in [5, 5.41) is 0. The van der Waals surface area contributed by atoms with Crippen molar-refractivity contribution in [2.75, 3.05) is 6.54 Å². The van der Waals surface area contributed by atoms with Gasteiger partial charge in [-0.1, -0.05) is 18.2 Å². The van der Waals surface area contributed by atoms with E-state index in [2.05, 4.69) is 9.71 Å². The Kier molecular flexibility index (Phi) is 5.20. The number of nitrogens with zero attached hydrogens (tertiary/aromatic N) is 1. The van der Waals surface area contributed by atoms with Gasteiger partial charge in [0.1, 0.15) is 11.6 Å². The normalized spacial score (nSPS) is 11.7. The first-order valence-corrected chi connectivity index (χ1v) is 9.63. The Labute approximate surface area is 151 Å². The van der Waals surface area contributed by atoms with Crippen molar-refractivity contribution in [2.45, 2.75) is 25.2 Å². The minimum absolute atomic E-state index is 0.0400. The molecule has 0 bridgehead atoms. The number of aryl methyl sites for hydroxylation is 2. The van der Waals surface area contributed by atoms with E-state index < -0.39 is 15.8 Å². The fraction of sp³-hybridized carbons (Fsp3) is 0.211. The van der Waals surface area contributed by atoms with E-state index in [4.69, 9.17) is 4.42 Å². The lowest BCUT2D eigenvalue weighted by molar-refractivity contribution is 0.538. The summed E-state index contributed by atoms with van der Waals surface area (Å²) in [4.78, 5) is 4.49. The summed E-state index contributed by atoms with van der Waals surface area (Å²) < 4.78 is 46.1. The number of sulfonamides is 1. The molecule has 1 aromatic heterocycles. The molecule has 0 aliphatic heterocycles. The quantitative estimate of drug-likeness (QED) is 0.715. The fourth-order valence-electron chi connectivity index (χ4n) is 2.54. The lowest BCUT2D eigenvalue weighted by atomic mass is 10.2. The summed E-state index contributed by atoms with van der Waals surface area (Å²) in [6, 6.07) is 13.2. The molecule has 0 spiro atoms. The topological polar surface area (TPSA) is 72.2 Å². The maximum atomic E-state index is 13.3. The molecule has 0 fully saturated rings. The van der Waals surface area contributed by atoms with Crippen LogP contribution in [0.2, 0.25) is 0 Å². The van der Waals surface area contributed by atoms with E-state index >= 15 is 0 Å². The van der Waals surface area contributed by atoms with E-state index in [1.165, 1.54) is 19.1 Å². The Morgan fingerprint density at radius 1 is 1.12 bits per heavy atom. The molecule has 7 heteroatoms. The van der Waals surface area contributed by atoms with Crippen molar-refractivity contribution in [3.63, 3.8) is 0 Å². The van der Waals surface area contributed by atoms with Crippen molar-refractivity contribution in [2.24, 2.45) is 0 Å². The number of hydrogen-bond donors (Lipinski definition) is 1. The highest BCUT2D eigenvalue weighted by molar-refractivity contribution is 7.89. The Balaban J connectivity index is 1.68. The summed E-state index contributed by atoms with van der Waals surface area (Å²) in [7, 11) is -3.70. The standard InChI is InChI=1S/C19H19FN2O3S/c1-13-12-16(8-9-17(13)20)26(23,24)21-11-10-18-14(2)25-19(22-18)15-6-4-3-5-7-15/h3-9,12,21H,10-11H2,1-2H3. The van der Waals surface area contributed by atoms with Crippen LogP contribution in [0.25, 0.3) is 11.5 Å². The summed E-state index contributed by atoms with van der Waals surface area (Å²) in [5.41, 5.74) is 1.85. The predicted molar refractivity (Wildman–Crippen MR) is 96.7 cm³/mol. The number of aromatic nitrogens is 1. The van der Waals surface area contributed by atoms with Crippen molar-refractivity contribution in [3.8, 4) is 11.5 Å². The van der Waals surface area contributed by atoms with Crippen LogP contribution in [0.3, 0.4) is 0 Å². The molecule has 26 heavy (non-hydrogen) atoms. The Morgan fingerprint density at radius 2 is 1.85 bits per heavy atom. The van der Waals surface area contributed by atoms with Crippen LogP contribution >= 0.6 is 0 Å². The van der Waals surface area contributed by atoms with Gasteiger partial charge in [0.2, 0.25) is 15.9 Å². The molecule has 0 atom stereocenters. The summed E-state index contributed by atoms with van der Waals surface area (Å²) in [5.74, 6) is 0.728. The number of rotatable bonds is 6. The molecule has 136 valence electrons. The van der Waals surface area contributed by atoms with Gasteiger partial charge in [-0.2, -0.15) is 0 Å². The lowest BCUT2D eigenvalue weighted by Gasteiger charge is -2.07. The van der Waals surface area contributed by atoms with Gasteiger partial charge in [-0.05, 0) is 49.7 Å². The number of hydrogen-bond acceptors (Lipinski definition) is 4. The van der Waals surface area contributed by atoms with Gasteiger partial charge in [0.05, 0.1) is 10.6 Å². The zero-order valence-electron chi connectivity index (χ0n) is 14.5. The number of nitrogens with one attached hydrogen (secondary N) is 1. The molecule has 1 heterocycles. The molecule has 0 unspecified atom stereocenters. The highest BCUT2D eigenvalue weighted by Crippen LogP contribution is 2.21. The first kappa shape index (κ1) is 18.3. The van der Waals surface area contributed by atoms with Crippen molar-refractivity contribution >= 4 is 10.0 Å². The molecule has 2 aromatic carbocycles. The highest BCUT2D eigenvalue weighted by atomic mass is 32.2. The van der Waals surface area contributed by atoms with Crippen LogP contribution in [-0.2, 0) is 16.4 Å². The van der Waals surface area contributed by atoms with Crippen LogP contribution in [-0.4, -0.2) is 19.9 Å². The van der Waals surface area contributed by atoms with Gasteiger partial charge in [-0.3, -0.25) is 0 Å². The van der Waals surface area contributed by atoms with Gasteiger partial charge < -0.3 is 4.42 Å². The Morgan fingerprint density at radius 3 is 2.54 bits per heavy atom. The average Bonchev–Trinajstić information content (AvgIpc) is 2.99. The molecule has 0 amide bonds. The van der Waals surface area contributed by atoms with Crippen molar-refractivity contribution in [1.82, 2.24) is 9.71 Å². The molecule has 0 saturated heterocycles. The fourth-order valence-corrected chi connectivity index (χ4v) is 3.65. The van der Waals surface area contributed by atoms with Crippen molar-refractivity contribution < 1.29 is 17.2 Å². The number of halogens is 1. The smallest absolute Gasteiger partial charge is 0.240 e. The molecule has 3 rings (SSSR count). The van der Waals surface area contributed by atoms with E-state index in [0.717, 1.165) is 11.6 Å². The second kappa shape index (κ2) is 7.39. The van der Waals surface area contributed by atoms with E-state index in [1.54, 1.807) is 6.92 Å². The molecule has 1 N–H and O–H groups in total. The third-order valence-corrected chi connectivity index (χ3v) is 5.47. The summed E-state index contributed by atoms with van der Waals surface area (Å²) in [6.07, 6.45) is 0.390. The molecule has 0 aliphatic rings. The van der Waals surface area contributed by atoms with Crippen LogP contribution in [0, 0.1) is 19.7 Å². The van der Waals surface area contributed by atoms with Crippen LogP contribution < -0.4 is 4.72 Å². The Bertz CT molecular complexity index is 1010. The summed E-state index contributed by atoms with van der Waals surface area (Å²) in [6.45, 7) is 3.49. The predicted octanol–water partition coefficient (Wildman–Crippen LogP) is 3.62. The monoisotopic (exact) mass is 374 g/mol. The third-order valence-electron chi connectivity index (χ3n) is 4.01. The first-order valence-electron chi connectivity index (χ1n) is 8.14. The van der Waals surface area contributed by atoms with Crippen LogP contribution in [0.15, 0.2) is 57.8 Å². The highest BCUT2D eigenvalue weighted by Gasteiger charge is 2.16. The van der Waals surface area contributed by atoms with Crippen LogP contribution in [0.4, 0.5) is 4.39 Å². The van der Waals surface area contributed by atoms with Crippen molar-refractivity contribution in [3.05, 3.63) is 71.4 Å². The van der Waals surface area contributed by atoms with Gasteiger partial charge >= 0.3 is 0 Å². The van der Waals surface area contributed by atoms with Gasteiger partial charge in [0.25, 0.3) is 0 Å².